The van der Waals surface area contributed by atoms with E-state index in [2.05, 4.69) is 14.8 Å². The molecule has 2 fully saturated rings. The van der Waals surface area contributed by atoms with Crippen LogP contribution in [0.15, 0.2) is 18.3 Å². The molecule has 0 aliphatic carbocycles. The maximum Gasteiger partial charge on any atom is 0.311 e. The molecule has 0 N–H and O–H groups in total. The summed E-state index contributed by atoms with van der Waals surface area (Å²) in [6, 6.07) is 3.69. The fourth-order valence-corrected chi connectivity index (χ4v) is 2.96. The van der Waals surface area contributed by atoms with Gasteiger partial charge in [0.2, 0.25) is 5.82 Å². The average Bonchev–Trinajstić information content (AvgIpc) is 2.85. The van der Waals surface area contributed by atoms with Crippen molar-refractivity contribution in [3.63, 3.8) is 0 Å². The number of anilines is 1. The Bertz CT molecular complexity index is 465. The molecule has 0 bridgehead atoms. The molecule has 6 nitrogen and oxygen atoms in total. The zero-order valence-corrected chi connectivity index (χ0v) is 10.2. The number of fused-ring (bicyclic) bond motifs is 1. The van der Waals surface area contributed by atoms with Gasteiger partial charge < -0.3 is 4.90 Å². The van der Waals surface area contributed by atoms with Crippen molar-refractivity contribution in [2.24, 2.45) is 0 Å². The third-order valence-electron chi connectivity index (χ3n) is 3.85. The van der Waals surface area contributed by atoms with Crippen molar-refractivity contribution in [2.75, 3.05) is 31.1 Å². The minimum atomic E-state index is -0.344. The van der Waals surface area contributed by atoms with Crippen molar-refractivity contribution < 1.29 is 4.92 Å². The Kier molecular flexibility index (Phi) is 2.87. The van der Waals surface area contributed by atoms with Gasteiger partial charge in [0.25, 0.3) is 0 Å². The van der Waals surface area contributed by atoms with Gasteiger partial charge in [-0.25, -0.2) is 4.98 Å². The van der Waals surface area contributed by atoms with Crippen LogP contribution in [0.5, 0.6) is 0 Å². The predicted octanol–water partition coefficient (Wildman–Crippen LogP) is 1.27. The minimum Gasteiger partial charge on any atom is -0.348 e. The van der Waals surface area contributed by atoms with E-state index in [4.69, 9.17) is 0 Å². The maximum absolute atomic E-state index is 11.0. The van der Waals surface area contributed by atoms with Gasteiger partial charge in [-0.3, -0.25) is 15.0 Å². The molecule has 1 atom stereocenters. The predicted molar refractivity (Wildman–Crippen MR) is 67.7 cm³/mol. The Labute approximate surface area is 105 Å². The van der Waals surface area contributed by atoms with Crippen LogP contribution in [0.1, 0.15) is 12.8 Å². The molecule has 0 unspecified atom stereocenters. The first kappa shape index (κ1) is 11.4. The first-order chi connectivity index (χ1) is 8.75. The number of hydrogen-bond donors (Lipinski definition) is 0. The van der Waals surface area contributed by atoms with Crippen molar-refractivity contribution in [2.45, 2.75) is 18.9 Å². The molecule has 0 aromatic carbocycles. The summed E-state index contributed by atoms with van der Waals surface area (Å²) in [5.41, 5.74) is 0.115. The third kappa shape index (κ3) is 1.92. The number of rotatable bonds is 2. The number of hydrogen-bond acceptors (Lipinski definition) is 5. The molecular formula is C12H16N4O2. The molecule has 18 heavy (non-hydrogen) atoms. The maximum atomic E-state index is 11.0. The Morgan fingerprint density at radius 3 is 3.11 bits per heavy atom. The first-order valence-electron chi connectivity index (χ1n) is 6.34. The molecule has 3 rings (SSSR count). The topological polar surface area (TPSA) is 62.5 Å². The summed E-state index contributed by atoms with van der Waals surface area (Å²) in [4.78, 5) is 19.4. The number of nitro groups is 1. The van der Waals surface area contributed by atoms with Gasteiger partial charge in [0, 0.05) is 37.9 Å². The summed E-state index contributed by atoms with van der Waals surface area (Å²) in [7, 11) is 0. The van der Waals surface area contributed by atoms with E-state index in [0.717, 1.165) is 19.6 Å². The Morgan fingerprint density at radius 2 is 2.28 bits per heavy atom. The van der Waals surface area contributed by atoms with E-state index in [-0.39, 0.29) is 10.6 Å². The SMILES string of the molecule is O=[N+]([O-])c1cccnc1N1CCN2CCC[C@@H]2C1. The van der Waals surface area contributed by atoms with E-state index < -0.39 is 0 Å². The van der Waals surface area contributed by atoms with Crippen LogP contribution in [0.3, 0.4) is 0 Å². The fraction of sp³-hybridized carbons (Fsp3) is 0.583. The molecule has 2 aliphatic rings. The zero-order valence-electron chi connectivity index (χ0n) is 10.2. The highest BCUT2D eigenvalue weighted by Gasteiger charge is 2.33. The molecule has 0 radical (unpaired) electrons. The van der Waals surface area contributed by atoms with E-state index >= 15 is 0 Å². The van der Waals surface area contributed by atoms with Crippen LogP contribution < -0.4 is 4.90 Å². The van der Waals surface area contributed by atoms with Crippen LogP contribution >= 0.6 is 0 Å². The Hall–Kier alpha value is -1.69. The second-order valence-electron chi connectivity index (χ2n) is 4.88. The molecule has 96 valence electrons. The Balaban J connectivity index is 1.85. The summed E-state index contributed by atoms with van der Waals surface area (Å²) < 4.78 is 0. The lowest BCUT2D eigenvalue weighted by molar-refractivity contribution is -0.384. The lowest BCUT2D eigenvalue weighted by Crippen LogP contribution is -2.50. The highest BCUT2D eigenvalue weighted by molar-refractivity contribution is 5.57. The standard InChI is InChI=1S/C12H16N4O2/c17-16(18)11-4-1-5-13-12(11)15-8-7-14-6-2-3-10(14)9-15/h1,4-5,10H,2-3,6-9H2/t10-/m1/s1. The Morgan fingerprint density at radius 1 is 1.39 bits per heavy atom. The molecular weight excluding hydrogens is 232 g/mol. The molecule has 1 aromatic rings. The number of nitrogens with zero attached hydrogens (tertiary/aromatic N) is 4. The zero-order chi connectivity index (χ0) is 12.5. The van der Waals surface area contributed by atoms with Crippen molar-refractivity contribution >= 4 is 11.5 Å². The van der Waals surface area contributed by atoms with Gasteiger partial charge in [0.15, 0.2) is 0 Å². The van der Waals surface area contributed by atoms with Gasteiger partial charge in [-0.1, -0.05) is 0 Å². The molecule has 3 heterocycles. The third-order valence-corrected chi connectivity index (χ3v) is 3.85. The largest absolute Gasteiger partial charge is 0.348 e. The van der Waals surface area contributed by atoms with Crippen LogP contribution in [0, 0.1) is 10.1 Å². The lowest BCUT2D eigenvalue weighted by atomic mass is 10.1. The molecule has 1 aromatic heterocycles. The smallest absolute Gasteiger partial charge is 0.311 e. The van der Waals surface area contributed by atoms with Crippen LogP contribution in [0.4, 0.5) is 11.5 Å². The molecule has 0 spiro atoms. The molecule has 0 amide bonds. The van der Waals surface area contributed by atoms with Gasteiger partial charge in [-0.05, 0) is 25.5 Å². The normalized spacial score (nSPS) is 24.0. The van der Waals surface area contributed by atoms with E-state index in [1.54, 1.807) is 12.3 Å². The summed E-state index contributed by atoms with van der Waals surface area (Å²) in [6.07, 6.45) is 4.06. The van der Waals surface area contributed by atoms with Gasteiger partial charge in [0.1, 0.15) is 0 Å². The highest BCUT2D eigenvalue weighted by atomic mass is 16.6. The number of aromatic nitrogens is 1. The van der Waals surface area contributed by atoms with Crippen molar-refractivity contribution in [1.29, 1.82) is 0 Å². The van der Waals surface area contributed by atoms with Crippen LogP contribution in [-0.4, -0.2) is 47.0 Å². The van der Waals surface area contributed by atoms with Gasteiger partial charge in [0.05, 0.1) is 4.92 Å². The number of pyridine rings is 1. The van der Waals surface area contributed by atoms with Crippen molar-refractivity contribution in [1.82, 2.24) is 9.88 Å². The van der Waals surface area contributed by atoms with E-state index in [1.165, 1.54) is 25.5 Å². The van der Waals surface area contributed by atoms with Crippen LogP contribution in [0.2, 0.25) is 0 Å². The lowest BCUT2D eigenvalue weighted by Gasteiger charge is -2.37. The van der Waals surface area contributed by atoms with Crippen molar-refractivity contribution in [3.05, 3.63) is 28.4 Å². The summed E-state index contributed by atoms with van der Waals surface area (Å²) >= 11 is 0. The second kappa shape index (κ2) is 4.53. The molecule has 6 heteroatoms. The quantitative estimate of drug-likeness (QED) is 0.582. The fourth-order valence-electron chi connectivity index (χ4n) is 2.96. The van der Waals surface area contributed by atoms with Gasteiger partial charge in [-0.2, -0.15) is 0 Å². The first-order valence-corrected chi connectivity index (χ1v) is 6.34. The van der Waals surface area contributed by atoms with Gasteiger partial charge >= 0.3 is 5.69 Å². The minimum absolute atomic E-state index is 0.115. The van der Waals surface area contributed by atoms with Crippen molar-refractivity contribution in [3.8, 4) is 0 Å². The molecule has 2 saturated heterocycles. The average molecular weight is 248 g/mol. The van der Waals surface area contributed by atoms with Gasteiger partial charge in [-0.15, -0.1) is 0 Å². The number of piperazine rings is 1. The van der Waals surface area contributed by atoms with E-state index in [1.807, 2.05) is 0 Å². The summed E-state index contributed by atoms with van der Waals surface area (Å²) in [6.45, 7) is 3.84. The highest BCUT2D eigenvalue weighted by Crippen LogP contribution is 2.29. The van der Waals surface area contributed by atoms with Crippen LogP contribution in [0.25, 0.3) is 0 Å². The van der Waals surface area contributed by atoms with E-state index in [0.29, 0.717) is 11.9 Å². The van der Waals surface area contributed by atoms with Crippen LogP contribution in [-0.2, 0) is 0 Å². The summed E-state index contributed by atoms with van der Waals surface area (Å²) in [5.74, 6) is 0.522. The van der Waals surface area contributed by atoms with E-state index in [9.17, 15) is 10.1 Å². The second-order valence-corrected chi connectivity index (χ2v) is 4.88. The monoisotopic (exact) mass is 248 g/mol. The molecule has 0 saturated carbocycles. The molecule has 2 aliphatic heterocycles. The summed E-state index contributed by atoms with van der Waals surface area (Å²) in [5, 5.41) is 11.0.